The summed E-state index contributed by atoms with van der Waals surface area (Å²) in [6, 6.07) is 1.68. The average molecular weight is 347 g/mol. The van der Waals surface area contributed by atoms with Crippen molar-refractivity contribution in [3.8, 4) is 0 Å². The first-order valence-corrected chi connectivity index (χ1v) is 9.56. The van der Waals surface area contributed by atoms with E-state index < -0.39 is 10.0 Å². The molecule has 0 aromatic carbocycles. The van der Waals surface area contributed by atoms with Crippen molar-refractivity contribution < 1.29 is 8.42 Å². The van der Waals surface area contributed by atoms with Crippen LogP contribution in [0.1, 0.15) is 23.1 Å². The summed E-state index contributed by atoms with van der Waals surface area (Å²) in [6.07, 6.45) is 0. The summed E-state index contributed by atoms with van der Waals surface area (Å²) >= 11 is 2.28. The summed E-state index contributed by atoms with van der Waals surface area (Å²) in [7, 11) is -3.55. The lowest BCUT2D eigenvalue weighted by atomic mass is 10.3. The van der Waals surface area contributed by atoms with Crippen LogP contribution in [0.2, 0.25) is 0 Å². The van der Waals surface area contributed by atoms with Gasteiger partial charge in [0.1, 0.15) is 4.21 Å². The third kappa shape index (κ3) is 4.24. The van der Waals surface area contributed by atoms with E-state index in [-0.39, 0.29) is 11.4 Å². The lowest BCUT2D eigenvalue weighted by molar-refractivity contribution is 0.582. The van der Waals surface area contributed by atoms with Crippen molar-refractivity contribution in [1.82, 2.24) is 15.0 Å². The van der Waals surface area contributed by atoms with Crippen molar-refractivity contribution in [2.75, 3.05) is 6.54 Å². The summed E-state index contributed by atoms with van der Waals surface area (Å²) < 4.78 is 27.3. The van der Waals surface area contributed by atoms with E-state index in [2.05, 4.69) is 15.0 Å². The van der Waals surface area contributed by atoms with Crippen LogP contribution in [0.5, 0.6) is 0 Å². The van der Waals surface area contributed by atoms with Gasteiger partial charge < -0.3 is 10.3 Å². The summed E-state index contributed by atoms with van der Waals surface area (Å²) in [5.74, 6) is 0. The van der Waals surface area contributed by atoms with Gasteiger partial charge in [-0.05, 0) is 25.1 Å². The van der Waals surface area contributed by atoms with Crippen LogP contribution in [0.25, 0.3) is 0 Å². The van der Waals surface area contributed by atoms with Crippen LogP contribution in [0, 0.1) is 6.92 Å². The largest absolute Gasteiger partial charge is 0.315 e. The van der Waals surface area contributed by atoms with Crippen LogP contribution in [0.3, 0.4) is 0 Å². The van der Waals surface area contributed by atoms with Gasteiger partial charge in [-0.1, -0.05) is 18.3 Å². The zero-order chi connectivity index (χ0) is 15.5. The number of sulfonamides is 1. The normalized spacial score (nSPS) is 11.9. The first-order valence-electron chi connectivity index (χ1n) is 6.38. The molecule has 2 heterocycles. The molecule has 0 saturated heterocycles. The highest BCUT2D eigenvalue weighted by Gasteiger charge is 2.18. The predicted molar refractivity (Wildman–Crippen MR) is 85.4 cm³/mol. The molecule has 0 aliphatic heterocycles. The van der Waals surface area contributed by atoms with Crippen LogP contribution in [-0.4, -0.2) is 19.9 Å². The summed E-state index contributed by atoms with van der Waals surface area (Å²) in [5.41, 5.74) is 1.53. The van der Waals surface area contributed by atoms with Crippen molar-refractivity contribution >= 4 is 32.7 Å². The minimum atomic E-state index is -3.55. The fourth-order valence-corrected chi connectivity index (χ4v) is 4.87. The van der Waals surface area contributed by atoms with Gasteiger partial charge in [0.25, 0.3) is 0 Å². The summed E-state index contributed by atoms with van der Waals surface area (Å²) in [6.45, 7) is 5.49. The van der Waals surface area contributed by atoms with Crippen molar-refractivity contribution in [3.63, 3.8) is 0 Å². The molecule has 0 unspecified atom stereocenters. The molecule has 21 heavy (non-hydrogen) atoms. The number of rotatable bonds is 7. The average Bonchev–Trinajstić information content (AvgIpc) is 3.01. The van der Waals surface area contributed by atoms with E-state index in [1.54, 1.807) is 11.4 Å². The number of H-pyrrole nitrogens is 1. The zero-order valence-corrected chi connectivity index (χ0v) is 14.2. The Balaban J connectivity index is 2.10. The molecule has 9 heteroatoms. The highest BCUT2D eigenvalue weighted by atomic mass is 32.2. The Bertz CT molecular complexity index is 758. The molecule has 0 saturated carbocycles. The van der Waals surface area contributed by atoms with E-state index in [0.29, 0.717) is 16.4 Å². The molecule has 2 aromatic heterocycles. The second kappa shape index (κ2) is 6.84. The molecule has 0 amide bonds. The number of aryl methyl sites for hydroxylation is 1. The SMILES string of the molecule is CCNCc1sc(S(=O)(=O)NCc2csc(=O)[nH]2)cc1C. The van der Waals surface area contributed by atoms with Gasteiger partial charge >= 0.3 is 4.87 Å². The number of aromatic amines is 1. The molecule has 0 radical (unpaired) electrons. The molecule has 0 spiro atoms. The van der Waals surface area contributed by atoms with Crippen LogP contribution in [0.15, 0.2) is 20.5 Å². The van der Waals surface area contributed by atoms with E-state index in [4.69, 9.17) is 0 Å². The summed E-state index contributed by atoms with van der Waals surface area (Å²) in [4.78, 5) is 14.4. The Morgan fingerprint density at radius 2 is 2.10 bits per heavy atom. The number of thiophene rings is 1. The Morgan fingerprint density at radius 3 is 2.71 bits per heavy atom. The molecular weight excluding hydrogens is 330 g/mol. The maximum Gasteiger partial charge on any atom is 0.304 e. The van der Waals surface area contributed by atoms with Crippen LogP contribution in [-0.2, 0) is 23.1 Å². The monoisotopic (exact) mass is 347 g/mol. The van der Waals surface area contributed by atoms with Crippen LogP contribution in [0.4, 0.5) is 0 Å². The Hall–Kier alpha value is -1.00. The zero-order valence-electron chi connectivity index (χ0n) is 11.7. The smallest absolute Gasteiger partial charge is 0.304 e. The van der Waals surface area contributed by atoms with Crippen molar-refractivity contribution in [2.24, 2.45) is 0 Å². The Labute approximate surface area is 131 Å². The van der Waals surface area contributed by atoms with Crippen molar-refractivity contribution in [2.45, 2.75) is 31.1 Å². The quantitative estimate of drug-likeness (QED) is 0.706. The third-order valence-electron chi connectivity index (χ3n) is 2.82. The third-order valence-corrected chi connectivity index (χ3v) is 6.65. The van der Waals surface area contributed by atoms with E-state index in [1.165, 1.54) is 11.3 Å². The van der Waals surface area contributed by atoms with Crippen molar-refractivity contribution in [1.29, 1.82) is 0 Å². The van der Waals surface area contributed by atoms with E-state index in [1.807, 2.05) is 13.8 Å². The maximum atomic E-state index is 12.2. The van der Waals surface area contributed by atoms with Gasteiger partial charge in [-0.25, -0.2) is 13.1 Å². The molecule has 116 valence electrons. The lowest BCUT2D eigenvalue weighted by Crippen LogP contribution is -2.22. The number of aromatic nitrogens is 1. The van der Waals surface area contributed by atoms with Crippen LogP contribution >= 0.6 is 22.7 Å². The van der Waals surface area contributed by atoms with Gasteiger partial charge in [0.15, 0.2) is 0 Å². The molecule has 0 fully saturated rings. The molecule has 0 aliphatic carbocycles. The minimum Gasteiger partial charge on any atom is -0.315 e. The fourth-order valence-electron chi connectivity index (χ4n) is 1.68. The number of hydrogen-bond acceptors (Lipinski definition) is 6. The van der Waals surface area contributed by atoms with Gasteiger partial charge in [0.05, 0.1) is 6.54 Å². The van der Waals surface area contributed by atoms with Crippen LogP contribution < -0.4 is 14.9 Å². The number of nitrogens with one attached hydrogen (secondary N) is 3. The van der Waals surface area contributed by atoms with E-state index in [9.17, 15) is 13.2 Å². The lowest BCUT2D eigenvalue weighted by Gasteiger charge is -2.02. The van der Waals surface area contributed by atoms with Gasteiger partial charge in [-0.2, -0.15) is 0 Å². The van der Waals surface area contributed by atoms with Gasteiger partial charge in [-0.3, -0.25) is 4.79 Å². The first-order chi connectivity index (χ1) is 9.92. The molecule has 2 rings (SSSR count). The second-order valence-electron chi connectivity index (χ2n) is 4.45. The Morgan fingerprint density at radius 1 is 1.33 bits per heavy atom. The van der Waals surface area contributed by atoms with Crippen molar-refractivity contribution in [3.05, 3.63) is 37.2 Å². The molecule has 2 aromatic rings. The van der Waals surface area contributed by atoms with Gasteiger partial charge in [0, 0.05) is 22.5 Å². The highest BCUT2D eigenvalue weighted by molar-refractivity contribution is 7.91. The standard InChI is InChI=1S/C12H17N3O3S3/c1-3-13-6-10-8(2)4-11(20-10)21(17,18)14-5-9-7-19-12(16)15-9/h4,7,13-14H,3,5-6H2,1-2H3,(H,15,16). The minimum absolute atomic E-state index is 0.0839. The Kier molecular flexibility index (Phi) is 5.33. The summed E-state index contributed by atoms with van der Waals surface area (Å²) in [5, 5.41) is 4.80. The molecule has 0 bridgehead atoms. The maximum absolute atomic E-state index is 12.2. The van der Waals surface area contributed by atoms with E-state index >= 15 is 0 Å². The first kappa shape index (κ1) is 16.4. The predicted octanol–water partition coefficient (Wildman–Crippen LogP) is 1.39. The van der Waals surface area contributed by atoms with Gasteiger partial charge in [0.2, 0.25) is 10.0 Å². The number of thiazole rings is 1. The van der Waals surface area contributed by atoms with Gasteiger partial charge in [-0.15, -0.1) is 11.3 Å². The topological polar surface area (TPSA) is 91.1 Å². The molecule has 6 nitrogen and oxygen atoms in total. The molecular formula is C12H17N3O3S3. The molecule has 0 aliphatic rings. The van der Waals surface area contributed by atoms with E-state index in [0.717, 1.165) is 28.3 Å². The second-order valence-corrected chi connectivity index (χ2v) is 8.42. The highest BCUT2D eigenvalue weighted by Crippen LogP contribution is 2.25. The molecule has 0 atom stereocenters. The molecule has 3 N–H and O–H groups in total. The fraction of sp³-hybridized carbons (Fsp3) is 0.417. The number of hydrogen-bond donors (Lipinski definition) is 3.